The fourth-order valence-electron chi connectivity index (χ4n) is 2.92. The molecule has 2 N–H and O–H groups in total. The lowest BCUT2D eigenvalue weighted by Gasteiger charge is -2.12. The number of aromatic nitrogens is 2. The molecule has 0 unspecified atom stereocenters. The van der Waals surface area contributed by atoms with Gasteiger partial charge >= 0.3 is 0 Å². The van der Waals surface area contributed by atoms with Crippen molar-refractivity contribution in [2.75, 3.05) is 10.6 Å². The monoisotopic (exact) mass is 422 g/mol. The van der Waals surface area contributed by atoms with Crippen molar-refractivity contribution in [1.29, 1.82) is 0 Å². The summed E-state index contributed by atoms with van der Waals surface area (Å²) in [5, 5.41) is 9.29. The van der Waals surface area contributed by atoms with E-state index in [-0.39, 0.29) is 23.7 Å². The lowest BCUT2D eigenvalue weighted by molar-refractivity contribution is -0.117. The third-order valence-electron chi connectivity index (χ3n) is 4.67. The second-order valence-electron chi connectivity index (χ2n) is 6.89. The van der Waals surface area contributed by atoms with E-state index < -0.39 is 23.8 Å². The molecule has 1 heterocycles. The number of hydrogen-bond acceptors (Lipinski definition) is 4. The second-order valence-corrected chi connectivity index (χ2v) is 6.89. The Labute approximate surface area is 178 Å². The molecule has 0 aliphatic rings. The van der Waals surface area contributed by atoms with Crippen molar-refractivity contribution in [3.8, 4) is 11.3 Å². The Balaban J connectivity index is 1.96. The van der Waals surface area contributed by atoms with Crippen LogP contribution in [0.25, 0.3) is 11.3 Å². The Bertz CT molecular complexity index is 1160. The van der Waals surface area contributed by atoms with E-state index in [4.69, 9.17) is 0 Å². The molecule has 2 aromatic carbocycles. The lowest BCUT2D eigenvalue weighted by atomic mass is 10.1. The van der Waals surface area contributed by atoms with Gasteiger partial charge in [-0.2, -0.15) is 5.10 Å². The molecule has 0 saturated carbocycles. The van der Waals surface area contributed by atoms with E-state index in [2.05, 4.69) is 15.7 Å². The lowest BCUT2D eigenvalue weighted by Crippen LogP contribution is -2.32. The molecule has 0 aliphatic carbocycles. The summed E-state index contributed by atoms with van der Waals surface area (Å²) in [5.41, 5.74) is 1.70. The summed E-state index contributed by atoms with van der Waals surface area (Å²) < 4.78 is 14.8. The molecule has 3 aromatic rings. The number of nitrogens with zero attached hydrogens (tertiary/aromatic N) is 2. The highest BCUT2D eigenvalue weighted by molar-refractivity contribution is 5.92. The van der Waals surface area contributed by atoms with E-state index in [1.165, 1.54) is 24.3 Å². The van der Waals surface area contributed by atoms with Crippen molar-refractivity contribution in [3.05, 3.63) is 76.3 Å². The van der Waals surface area contributed by atoms with Gasteiger partial charge in [0.1, 0.15) is 18.0 Å². The first-order valence-corrected chi connectivity index (χ1v) is 9.97. The molecule has 0 spiro atoms. The Kier molecular flexibility index (Phi) is 6.92. The standard InChI is InChI=1S/C23H23FN4O3/c1-3-15-9-11-16(12-10-15)19-13-20(26-21(29)4-2)23(31)28(27-19)14-22(30)25-18-8-6-5-7-17(18)24/h5-13H,3-4,14H2,1-2H3,(H,25,30)(H,26,29). The van der Waals surface area contributed by atoms with Crippen LogP contribution in [0, 0.1) is 5.82 Å². The zero-order chi connectivity index (χ0) is 22.4. The highest BCUT2D eigenvalue weighted by Gasteiger charge is 2.15. The maximum atomic E-state index is 13.8. The van der Waals surface area contributed by atoms with Crippen LogP contribution in [0.5, 0.6) is 0 Å². The van der Waals surface area contributed by atoms with E-state index in [1.54, 1.807) is 13.0 Å². The van der Waals surface area contributed by atoms with Gasteiger partial charge in [-0.05, 0) is 30.2 Å². The van der Waals surface area contributed by atoms with Crippen LogP contribution in [-0.2, 0) is 22.6 Å². The molecule has 8 heteroatoms. The van der Waals surface area contributed by atoms with Crippen LogP contribution >= 0.6 is 0 Å². The zero-order valence-electron chi connectivity index (χ0n) is 17.3. The van der Waals surface area contributed by atoms with Gasteiger partial charge in [0.15, 0.2) is 0 Å². The number of amides is 2. The average molecular weight is 422 g/mol. The summed E-state index contributed by atoms with van der Waals surface area (Å²) in [5.74, 6) is -1.54. The van der Waals surface area contributed by atoms with Gasteiger partial charge in [-0.3, -0.25) is 14.4 Å². The molecule has 0 radical (unpaired) electrons. The number of rotatable bonds is 7. The highest BCUT2D eigenvalue weighted by Crippen LogP contribution is 2.19. The van der Waals surface area contributed by atoms with Crippen molar-refractivity contribution in [2.45, 2.75) is 33.2 Å². The summed E-state index contributed by atoms with van der Waals surface area (Å²) >= 11 is 0. The molecule has 0 atom stereocenters. The Hall–Kier alpha value is -3.81. The largest absolute Gasteiger partial charge is 0.322 e. The summed E-state index contributed by atoms with van der Waals surface area (Å²) in [6.07, 6.45) is 1.07. The third-order valence-corrected chi connectivity index (χ3v) is 4.67. The minimum absolute atomic E-state index is 0.00590. The third kappa shape index (κ3) is 5.42. The van der Waals surface area contributed by atoms with Crippen molar-refractivity contribution < 1.29 is 14.0 Å². The van der Waals surface area contributed by atoms with Gasteiger partial charge in [-0.15, -0.1) is 0 Å². The van der Waals surface area contributed by atoms with Gasteiger partial charge in [0.05, 0.1) is 11.4 Å². The molecule has 0 aliphatic heterocycles. The molecular formula is C23H23FN4O3. The van der Waals surface area contributed by atoms with Gasteiger partial charge in [-0.25, -0.2) is 9.07 Å². The molecule has 160 valence electrons. The minimum Gasteiger partial charge on any atom is -0.322 e. The molecular weight excluding hydrogens is 399 g/mol. The predicted octanol–water partition coefficient (Wildman–Crippen LogP) is 3.60. The van der Waals surface area contributed by atoms with Crippen molar-refractivity contribution in [1.82, 2.24) is 9.78 Å². The van der Waals surface area contributed by atoms with Gasteiger partial charge < -0.3 is 10.6 Å². The van der Waals surface area contributed by atoms with Crippen molar-refractivity contribution in [2.24, 2.45) is 0 Å². The van der Waals surface area contributed by atoms with Gasteiger partial charge in [0.25, 0.3) is 5.56 Å². The van der Waals surface area contributed by atoms with Crippen LogP contribution < -0.4 is 16.2 Å². The van der Waals surface area contributed by atoms with Crippen LogP contribution in [0.3, 0.4) is 0 Å². The zero-order valence-corrected chi connectivity index (χ0v) is 17.3. The maximum Gasteiger partial charge on any atom is 0.291 e. The number of nitrogens with one attached hydrogen (secondary N) is 2. The van der Waals surface area contributed by atoms with Crippen LogP contribution in [0.1, 0.15) is 25.8 Å². The van der Waals surface area contributed by atoms with Gasteiger partial charge in [-0.1, -0.05) is 50.2 Å². The van der Waals surface area contributed by atoms with Crippen LogP contribution in [0.2, 0.25) is 0 Å². The first-order valence-electron chi connectivity index (χ1n) is 9.97. The number of carbonyl (C=O) groups is 2. The molecule has 0 saturated heterocycles. The van der Waals surface area contributed by atoms with E-state index >= 15 is 0 Å². The van der Waals surface area contributed by atoms with E-state index in [1.807, 2.05) is 31.2 Å². The Morgan fingerprint density at radius 1 is 0.968 bits per heavy atom. The van der Waals surface area contributed by atoms with Crippen molar-refractivity contribution >= 4 is 23.2 Å². The van der Waals surface area contributed by atoms with Crippen molar-refractivity contribution in [3.63, 3.8) is 0 Å². The Morgan fingerprint density at radius 3 is 2.29 bits per heavy atom. The number of halogens is 1. The number of hydrogen-bond donors (Lipinski definition) is 2. The predicted molar refractivity (Wildman–Crippen MR) is 117 cm³/mol. The number of anilines is 2. The minimum atomic E-state index is -0.626. The molecule has 0 fully saturated rings. The smallest absolute Gasteiger partial charge is 0.291 e. The second kappa shape index (κ2) is 9.80. The fourth-order valence-corrected chi connectivity index (χ4v) is 2.92. The number of carbonyl (C=O) groups excluding carboxylic acids is 2. The van der Waals surface area contributed by atoms with E-state index in [9.17, 15) is 18.8 Å². The van der Waals surface area contributed by atoms with Crippen LogP contribution in [0.15, 0.2) is 59.4 Å². The van der Waals surface area contributed by atoms with E-state index in [0.29, 0.717) is 5.69 Å². The highest BCUT2D eigenvalue weighted by atomic mass is 19.1. The molecule has 31 heavy (non-hydrogen) atoms. The summed E-state index contributed by atoms with van der Waals surface area (Å²) in [7, 11) is 0. The topological polar surface area (TPSA) is 93.1 Å². The first-order chi connectivity index (χ1) is 14.9. The summed E-state index contributed by atoms with van der Waals surface area (Å²) in [4.78, 5) is 37.1. The molecule has 2 amide bonds. The molecule has 1 aromatic heterocycles. The van der Waals surface area contributed by atoms with Gasteiger partial charge in [0.2, 0.25) is 11.8 Å². The molecule has 0 bridgehead atoms. The van der Waals surface area contributed by atoms with Gasteiger partial charge in [0, 0.05) is 12.0 Å². The van der Waals surface area contributed by atoms with Crippen LogP contribution in [0.4, 0.5) is 15.8 Å². The Morgan fingerprint density at radius 2 is 1.65 bits per heavy atom. The summed E-state index contributed by atoms with van der Waals surface area (Å²) in [6, 6.07) is 14.8. The average Bonchev–Trinajstić information content (AvgIpc) is 2.78. The number of aryl methyl sites for hydroxylation is 1. The van der Waals surface area contributed by atoms with Crippen LogP contribution in [-0.4, -0.2) is 21.6 Å². The SMILES string of the molecule is CCC(=O)Nc1cc(-c2ccc(CC)cc2)nn(CC(=O)Nc2ccccc2F)c1=O. The fraction of sp³-hybridized carbons (Fsp3) is 0.217. The first kappa shape index (κ1) is 21.9. The van der Waals surface area contributed by atoms with E-state index in [0.717, 1.165) is 22.2 Å². The summed E-state index contributed by atoms with van der Waals surface area (Å²) in [6.45, 7) is 3.27. The normalized spacial score (nSPS) is 10.5. The molecule has 7 nitrogen and oxygen atoms in total. The molecule has 3 rings (SSSR count). The quantitative estimate of drug-likeness (QED) is 0.608. The number of benzene rings is 2. The maximum absolute atomic E-state index is 13.8. The number of para-hydroxylation sites is 1.